The highest BCUT2D eigenvalue weighted by molar-refractivity contribution is 8.03. The molecule has 86 valence electrons. The number of nitrogens with zero attached hydrogens (tertiary/aromatic N) is 5. The second-order valence-electron chi connectivity index (χ2n) is 4.24. The average Bonchev–Trinajstić information content (AvgIpc) is 2.68. The van der Waals surface area contributed by atoms with E-state index in [1.165, 1.54) is 25.6 Å². The van der Waals surface area contributed by atoms with Gasteiger partial charge in [0.1, 0.15) is 22.3 Å². The molecule has 0 saturated heterocycles. The maximum absolute atomic E-state index is 8.70. The van der Waals surface area contributed by atoms with Crippen molar-refractivity contribution in [2.24, 2.45) is 5.92 Å². The highest BCUT2D eigenvalue weighted by atomic mass is 32.2. The summed E-state index contributed by atoms with van der Waals surface area (Å²) < 4.78 is 2.07. The first kappa shape index (κ1) is 10.5. The standard InChI is InChI=1S/C11H11N5S/c12-5-17-11-9-10(13-6-14-11)16(7-15-9)4-8-2-1-3-8/h6-8H,1-4H2. The fourth-order valence-corrected chi connectivity index (χ4v) is 2.49. The third-order valence-corrected chi connectivity index (χ3v) is 3.77. The van der Waals surface area contributed by atoms with Crippen molar-refractivity contribution in [2.75, 3.05) is 0 Å². The molecule has 1 fully saturated rings. The second-order valence-corrected chi connectivity index (χ2v) is 5.01. The molecular weight excluding hydrogens is 234 g/mol. The zero-order chi connectivity index (χ0) is 11.7. The van der Waals surface area contributed by atoms with Crippen LogP contribution in [0.5, 0.6) is 0 Å². The number of rotatable bonds is 3. The van der Waals surface area contributed by atoms with Crippen molar-refractivity contribution < 1.29 is 0 Å². The van der Waals surface area contributed by atoms with E-state index in [1.807, 2.05) is 5.40 Å². The fraction of sp³-hybridized carbons (Fsp3) is 0.455. The second kappa shape index (κ2) is 4.34. The number of imidazole rings is 1. The molecule has 1 aliphatic carbocycles. The minimum absolute atomic E-state index is 0.643. The van der Waals surface area contributed by atoms with E-state index < -0.39 is 0 Å². The largest absolute Gasteiger partial charge is 0.315 e. The topological polar surface area (TPSA) is 67.4 Å². The van der Waals surface area contributed by atoms with Gasteiger partial charge in [0, 0.05) is 18.3 Å². The molecule has 0 N–H and O–H groups in total. The zero-order valence-electron chi connectivity index (χ0n) is 9.20. The Morgan fingerprint density at radius 3 is 3.00 bits per heavy atom. The predicted octanol–water partition coefficient (Wildman–Crippen LogP) is 2.20. The average molecular weight is 245 g/mol. The maximum Gasteiger partial charge on any atom is 0.164 e. The van der Waals surface area contributed by atoms with Crippen molar-refractivity contribution in [3.8, 4) is 5.40 Å². The van der Waals surface area contributed by atoms with Gasteiger partial charge in [0.15, 0.2) is 5.65 Å². The van der Waals surface area contributed by atoms with Gasteiger partial charge in [-0.05, 0) is 18.8 Å². The first-order valence-electron chi connectivity index (χ1n) is 5.60. The van der Waals surface area contributed by atoms with Crippen LogP contribution >= 0.6 is 11.8 Å². The molecule has 2 aromatic rings. The molecule has 0 aromatic carbocycles. The Kier molecular flexibility index (Phi) is 2.69. The Morgan fingerprint density at radius 2 is 2.29 bits per heavy atom. The Hall–Kier alpha value is -1.61. The molecule has 5 nitrogen and oxygen atoms in total. The zero-order valence-corrected chi connectivity index (χ0v) is 10.0. The van der Waals surface area contributed by atoms with E-state index in [-0.39, 0.29) is 0 Å². The monoisotopic (exact) mass is 245 g/mol. The highest BCUT2D eigenvalue weighted by Crippen LogP contribution is 2.29. The van der Waals surface area contributed by atoms with Crippen LogP contribution in [0.3, 0.4) is 0 Å². The van der Waals surface area contributed by atoms with Crippen molar-refractivity contribution >= 4 is 22.9 Å². The van der Waals surface area contributed by atoms with Crippen LogP contribution < -0.4 is 0 Å². The summed E-state index contributed by atoms with van der Waals surface area (Å²) in [6.07, 6.45) is 7.23. The molecule has 3 rings (SSSR count). The van der Waals surface area contributed by atoms with Crippen LogP contribution in [0.2, 0.25) is 0 Å². The van der Waals surface area contributed by atoms with Crippen LogP contribution in [-0.4, -0.2) is 19.5 Å². The molecule has 0 spiro atoms. The third kappa shape index (κ3) is 1.87. The van der Waals surface area contributed by atoms with Crippen molar-refractivity contribution in [2.45, 2.75) is 30.8 Å². The molecule has 0 atom stereocenters. The lowest BCUT2D eigenvalue weighted by Gasteiger charge is -2.25. The highest BCUT2D eigenvalue weighted by Gasteiger charge is 2.19. The SMILES string of the molecule is N#CSc1ncnc2c1ncn2CC1CCC1. The smallest absolute Gasteiger partial charge is 0.164 e. The fourth-order valence-electron chi connectivity index (χ4n) is 2.06. The Balaban J connectivity index is 1.97. The molecule has 0 radical (unpaired) electrons. The van der Waals surface area contributed by atoms with Crippen LogP contribution in [-0.2, 0) is 6.54 Å². The molecule has 17 heavy (non-hydrogen) atoms. The number of thiocyanates is 1. The van der Waals surface area contributed by atoms with Crippen LogP contribution in [0.4, 0.5) is 0 Å². The molecule has 2 aromatic heterocycles. The minimum Gasteiger partial charge on any atom is -0.315 e. The van der Waals surface area contributed by atoms with Gasteiger partial charge in [-0.15, -0.1) is 0 Å². The molecule has 0 bridgehead atoms. The number of aromatic nitrogens is 4. The van der Waals surface area contributed by atoms with Crippen LogP contribution in [0.1, 0.15) is 19.3 Å². The summed E-state index contributed by atoms with van der Waals surface area (Å²) in [6.45, 7) is 0.976. The third-order valence-electron chi connectivity index (χ3n) is 3.19. The summed E-state index contributed by atoms with van der Waals surface area (Å²) in [5.74, 6) is 0.759. The first-order valence-corrected chi connectivity index (χ1v) is 6.42. The summed E-state index contributed by atoms with van der Waals surface area (Å²) in [5.41, 5.74) is 1.57. The summed E-state index contributed by atoms with van der Waals surface area (Å²) >= 11 is 1.04. The van der Waals surface area contributed by atoms with E-state index in [4.69, 9.17) is 5.26 Å². The van der Waals surface area contributed by atoms with Gasteiger partial charge in [0.25, 0.3) is 0 Å². The van der Waals surface area contributed by atoms with Gasteiger partial charge in [-0.25, -0.2) is 15.0 Å². The van der Waals surface area contributed by atoms with E-state index in [1.54, 1.807) is 6.33 Å². The van der Waals surface area contributed by atoms with Crippen molar-refractivity contribution in [1.29, 1.82) is 5.26 Å². The quantitative estimate of drug-likeness (QED) is 0.471. The van der Waals surface area contributed by atoms with E-state index in [0.717, 1.165) is 35.4 Å². The summed E-state index contributed by atoms with van der Waals surface area (Å²) in [7, 11) is 0. The number of thioether (sulfide) groups is 1. The molecule has 2 heterocycles. The molecule has 1 saturated carbocycles. The Morgan fingerprint density at radius 1 is 1.41 bits per heavy atom. The molecule has 0 aliphatic heterocycles. The minimum atomic E-state index is 0.643. The lowest BCUT2D eigenvalue weighted by Crippen LogP contribution is -2.17. The number of hydrogen-bond acceptors (Lipinski definition) is 5. The van der Waals surface area contributed by atoms with Crippen molar-refractivity contribution in [3.63, 3.8) is 0 Å². The van der Waals surface area contributed by atoms with Gasteiger partial charge in [-0.2, -0.15) is 5.26 Å². The Labute approximate surface area is 103 Å². The van der Waals surface area contributed by atoms with E-state index in [9.17, 15) is 0 Å². The van der Waals surface area contributed by atoms with Gasteiger partial charge in [0.2, 0.25) is 0 Å². The molecule has 0 unspecified atom stereocenters. The normalized spacial score (nSPS) is 15.7. The van der Waals surface area contributed by atoms with Crippen LogP contribution in [0.15, 0.2) is 17.7 Å². The van der Waals surface area contributed by atoms with E-state index >= 15 is 0 Å². The summed E-state index contributed by atoms with van der Waals surface area (Å²) in [6, 6.07) is 0. The van der Waals surface area contributed by atoms with Gasteiger partial charge in [0.05, 0.1) is 6.33 Å². The molecule has 6 heteroatoms. The van der Waals surface area contributed by atoms with Gasteiger partial charge in [-0.3, -0.25) is 0 Å². The van der Waals surface area contributed by atoms with Gasteiger partial charge in [-0.1, -0.05) is 6.42 Å². The maximum atomic E-state index is 8.70. The van der Waals surface area contributed by atoms with Crippen LogP contribution in [0.25, 0.3) is 11.2 Å². The number of hydrogen-bond donors (Lipinski definition) is 0. The predicted molar refractivity (Wildman–Crippen MR) is 64.1 cm³/mol. The molecular formula is C11H11N5S. The van der Waals surface area contributed by atoms with Crippen molar-refractivity contribution in [3.05, 3.63) is 12.7 Å². The Bertz CT molecular complexity index is 581. The lowest BCUT2D eigenvalue weighted by atomic mass is 9.85. The van der Waals surface area contributed by atoms with E-state index in [2.05, 4.69) is 19.5 Å². The number of fused-ring (bicyclic) bond motifs is 1. The molecule has 0 amide bonds. The van der Waals surface area contributed by atoms with Crippen molar-refractivity contribution in [1.82, 2.24) is 19.5 Å². The van der Waals surface area contributed by atoms with Gasteiger partial charge < -0.3 is 4.57 Å². The first-order chi connectivity index (χ1) is 8.38. The number of nitriles is 1. The van der Waals surface area contributed by atoms with E-state index in [0.29, 0.717) is 5.03 Å². The lowest BCUT2D eigenvalue weighted by molar-refractivity contribution is 0.279. The van der Waals surface area contributed by atoms with Crippen LogP contribution in [0, 0.1) is 16.6 Å². The summed E-state index contributed by atoms with van der Waals surface area (Å²) in [4.78, 5) is 12.7. The molecule has 1 aliphatic rings. The van der Waals surface area contributed by atoms with Gasteiger partial charge >= 0.3 is 0 Å². The summed E-state index contributed by atoms with van der Waals surface area (Å²) in [5, 5.41) is 11.4.